The highest BCUT2D eigenvalue weighted by molar-refractivity contribution is 6.00. The molecule has 1 unspecified atom stereocenters. The number of benzene rings is 1. The fourth-order valence-electron chi connectivity index (χ4n) is 1.32. The lowest BCUT2D eigenvalue weighted by atomic mass is 9.82. The molecule has 0 saturated carbocycles. The number of hydrogen-bond acceptors (Lipinski definition) is 2. The molecular formula is C11H11F2NO3. The summed E-state index contributed by atoms with van der Waals surface area (Å²) in [6.07, 6.45) is -0.629. The Balaban J connectivity index is 3.20. The van der Waals surface area contributed by atoms with E-state index in [4.69, 9.17) is 10.8 Å². The minimum absolute atomic E-state index is 0.462. The van der Waals surface area contributed by atoms with Crippen LogP contribution in [0.3, 0.4) is 0 Å². The average molecular weight is 243 g/mol. The zero-order chi connectivity index (χ0) is 13.2. The second-order valence-electron chi connectivity index (χ2n) is 3.88. The summed E-state index contributed by atoms with van der Waals surface area (Å²) in [4.78, 5) is 22.0. The van der Waals surface area contributed by atoms with Gasteiger partial charge in [-0.05, 0) is 19.1 Å². The number of nitrogens with two attached hydrogens (primary N) is 1. The molecular weight excluding hydrogens is 232 g/mol. The minimum Gasteiger partial charge on any atom is -0.480 e. The van der Waals surface area contributed by atoms with Crippen molar-refractivity contribution in [3.8, 4) is 0 Å². The van der Waals surface area contributed by atoms with E-state index in [1.807, 2.05) is 0 Å². The fraction of sp³-hybridized carbons (Fsp3) is 0.273. The summed E-state index contributed by atoms with van der Waals surface area (Å²) in [5, 5.41) is 8.90. The minimum atomic E-state index is -2.04. The molecule has 92 valence electrons. The second-order valence-corrected chi connectivity index (χ2v) is 3.88. The lowest BCUT2D eigenvalue weighted by Crippen LogP contribution is -2.43. The quantitative estimate of drug-likeness (QED) is 0.776. The third-order valence-corrected chi connectivity index (χ3v) is 2.61. The highest BCUT2D eigenvalue weighted by Crippen LogP contribution is 2.26. The van der Waals surface area contributed by atoms with Crippen molar-refractivity contribution in [3.63, 3.8) is 0 Å². The van der Waals surface area contributed by atoms with Gasteiger partial charge in [0.15, 0.2) is 0 Å². The van der Waals surface area contributed by atoms with E-state index in [1.165, 1.54) is 0 Å². The first-order valence-corrected chi connectivity index (χ1v) is 4.75. The number of hydrogen-bond donors (Lipinski definition) is 2. The molecule has 0 aliphatic carbocycles. The van der Waals surface area contributed by atoms with E-state index in [0.717, 1.165) is 25.1 Å². The number of carbonyl (C=O) groups is 2. The fourth-order valence-corrected chi connectivity index (χ4v) is 1.32. The highest BCUT2D eigenvalue weighted by atomic mass is 19.1. The number of halogens is 2. The number of rotatable bonds is 4. The van der Waals surface area contributed by atoms with E-state index in [1.54, 1.807) is 0 Å². The van der Waals surface area contributed by atoms with E-state index >= 15 is 0 Å². The Morgan fingerprint density at radius 2 is 1.82 bits per heavy atom. The van der Waals surface area contributed by atoms with Gasteiger partial charge in [-0.2, -0.15) is 0 Å². The zero-order valence-corrected chi connectivity index (χ0v) is 9.04. The SMILES string of the molecule is CC(Cc1c(F)cccc1F)(C(N)=O)C(=O)O. The molecule has 0 bridgehead atoms. The van der Waals surface area contributed by atoms with Crippen LogP contribution >= 0.6 is 0 Å². The molecule has 1 amide bonds. The number of carboxylic acid groups (broad SMARTS) is 1. The van der Waals surface area contributed by atoms with Crippen molar-refractivity contribution in [1.29, 1.82) is 0 Å². The maximum Gasteiger partial charge on any atom is 0.319 e. The van der Waals surface area contributed by atoms with Gasteiger partial charge in [0, 0.05) is 12.0 Å². The van der Waals surface area contributed by atoms with Gasteiger partial charge in [0.25, 0.3) is 0 Å². The van der Waals surface area contributed by atoms with Gasteiger partial charge in [-0.3, -0.25) is 9.59 Å². The van der Waals surface area contributed by atoms with Gasteiger partial charge >= 0.3 is 5.97 Å². The van der Waals surface area contributed by atoms with Gasteiger partial charge in [-0.25, -0.2) is 8.78 Å². The molecule has 4 nitrogen and oxygen atoms in total. The monoisotopic (exact) mass is 243 g/mol. The third-order valence-electron chi connectivity index (χ3n) is 2.61. The molecule has 0 aliphatic heterocycles. The van der Waals surface area contributed by atoms with Crippen molar-refractivity contribution < 1.29 is 23.5 Å². The van der Waals surface area contributed by atoms with E-state index < -0.39 is 40.9 Å². The van der Waals surface area contributed by atoms with E-state index in [9.17, 15) is 18.4 Å². The van der Waals surface area contributed by atoms with Gasteiger partial charge in [0.05, 0.1) is 0 Å². The molecule has 17 heavy (non-hydrogen) atoms. The summed E-state index contributed by atoms with van der Waals surface area (Å²) in [6, 6.07) is 3.12. The van der Waals surface area contributed by atoms with E-state index in [0.29, 0.717) is 0 Å². The Labute approximate surface area is 96.0 Å². The van der Waals surface area contributed by atoms with Crippen LogP contribution in [-0.2, 0) is 16.0 Å². The topological polar surface area (TPSA) is 80.4 Å². The summed E-state index contributed by atoms with van der Waals surface area (Å²) < 4.78 is 26.6. The molecule has 1 atom stereocenters. The standard InChI is InChI=1S/C11H11F2NO3/c1-11(9(14)15,10(16)17)5-6-7(12)3-2-4-8(6)13/h2-4H,5H2,1H3,(H2,14,15)(H,16,17). The summed E-state index contributed by atoms with van der Waals surface area (Å²) in [5.74, 6) is -4.47. The third kappa shape index (κ3) is 2.41. The summed E-state index contributed by atoms with van der Waals surface area (Å²) in [6.45, 7) is 1.03. The molecule has 0 radical (unpaired) electrons. The molecule has 0 saturated heterocycles. The van der Waals surface area contributed by atoms with Gasteiger partial charge in [-0.1, -0.05) is 6.07 Å². The normalized spacial score (nSPS) is 14.1. The summed E-state index contributed by atoms with van der Waals surface area (Å²) in [7, 11) is 0. The molecule has 3 N–H and O–H groups in total. The van der Waals surface area contributed by atoms with Crippen LogP contribution < -0.4 is 5.73 Å². The largest absolute Gasteiger partial charge is 0.480 e. The molecule has 0 fully saturated rings. The predicted octanol–water partition coefficient (Wildman–Crippen LogP) is 1.08. The van der Waals surface area contributed by atoms with Crippen molar-refractivity contribution in [3.05, 3.63) is 35.4 Å². The van der Waals surface area contributed by atoms with Crippen molar-refractivity contribution in [1.82, 2.24) is 0 Å². The van der Waals surface area contributed by atoms with Crippen LogP contribution in [0.2, 0.25) is 0 Å². The van der Waals surface area contributed by atoms with Gasteiger partial charge in [-0.15, -0.1) is 0 Å². The number of aliphatic carboxylic acids is 1. The summed E-state index contributed by atoms with van der Waals surface area (Å²) in [5.41, 5.74) is 2.45. The van der Waals surface area contributed by atoms with E-state index in [2.05, 4.69) is 0 Å². The predicted molar refractivity (Wildman–Crippen MR) is 55.0 cm³/mol. The Bertz CT molecular complexity index is 440. The summed E-state index contributed by atoms with van der Waals surface area (Å²) >= 11 is 0. The van der Waals surface area contributed by atoms with Crippen LogP contribution in [0.1, 0.15) is 12.5 Å². The number of primary amides is 1. The van der Waals surface area contributed by atoms with Gasteiger partial charge in [0.2, 0.25) is 5.91 Å². The van der Waals surface area contributed by atoms with Crippen molar-refractivity contribution >= 4 is 11.9 Å². The molecule has 1 aromatic carbocycles. The first-order valence-electron chi connectivity index (χ1n) is 4.75. The first kappa shape index (κ1) is 13.1. The maximum atomic E-state index is 13.3. The van der Waals surface area contributed by atoms with Crippen LogP contribution in [0.5, 0.6) is 0 Å². The van der Waals surface area contributed by atoms with Crippen LogP contribution in [-0.4, -0.2) is 17.0 Å². The van der Waals surface area contributed by atoms with E-state index in [-0.39, 0.29) is 0 Å². The average Bonchev–Trinajstić information content (AvgIpc) is 2.22. The Morgan fingerprint density at radius 3 is 2.18 bits per heavy atom. The molecule has 1 aromatic rings. The number of carbonyl (C=O) groups excluding carboxylic acids is 1. The van der Waals surface area contributed by atoms with Crippen molar-refractivity contribution in [2.45, 2.75) is 13.3 Å². The van der Waals surface area contributed by atoms with Crippen LogP contribution in [0.15, 0.2) is 18.2 Å². The lowest BCUT2D eigenvalue weighted by Gasteiger charge is -2.21. The second kappa shape index (κ2) is 4.48. The van der Waals surface area contributed by atoms with Crippen LogP contribution in [0.25, 0.3) is 0 Å². The first-order chi connectivity index (χ1) is 7.79. The smallest absolute Gasteiger partial charge is 0.319 e. The molecule has 0 spiro atoms. The van der Waals surface area contributed by atoms with Gasteiger partial charge < -0.3 is 10.8 Å². The highest BCUT2D eigenvalue weighted by Gasteiger charge is 2.41. The molecule has 0 heterocycles. The molecule has 1 rings (SSSR count). The van der Waals surface area contributed by atoms with Crippen LogP contribution in [0.4, 0.5) is 8.78 Å². The lowest BCUT2D eigenvalue weighted by molar-refractivity contribution is -0.153. The molecule has 6 heteroatoms. The maximum absolute atomic E-state index is 13.3. The van der Waals surface area contributed by atoms with Crippen molar-refractivity contribution in [2.75, 3.05) is 0 Å². The Morgan fingerprint density at radius 1 is 1.35 bits per heavy atom. The van der Waals surface area contributed by atoms with Gasteiger partial charge in [0.1, 0.15) is 17.0 Å². The van der Waals surface area contributed by atoms with Crippen LogP contribution in [0, 0.1) is 17.0 Å². The Kier molecular flexibility index (Phi) is 3.45. The zero-order valence-electron chi connectivity index (χ0n) is 9.04. The molecule has 0 aliphatic rings. The number of carboxylic acids is 1. The molecule has 0 aromatic heterocycles. The number of amides is 1. The van der Waals surface area contributed by atoms with Crippen molar-refractivity contribution in [2.24, 2.45) is 11.1 Å². The Hall–Kier alpha value is -1.98.